The molecule has 4 aromatic rings. The van der Waals surface area contributed by atoms with Gasteiger partial charge in [0.15, 0.2) is 0 Å². The zero-order valence-corrected chi connectivity index (χ0v) is 14.1. The maximum Gasteiger partial charge on any atom is 0.323 e. The molecule has 0 aliphatic heterocycles. The highest BCUT2D eigenvalue weighted by molar-refractivity contribution is 7.16. The van der Waals surface area contributed by atoms with Crippen LogP contribution in [0.3, 0.4) is 0 Å². The second-order valence-corrected chi connectivity index (χ2v) is 6.72. The smallest absolute Gasteiger partial charge is 0.323 e. The van der Waals surface area contributed by atoms with Crippen LogP contribution in [-0.4, -0.2) is 25.6 Å². The van der Waals surface area contributed by atoms with E-state index in [4.69, 9.17) is 0 Å². The van der Waals surface area contributed by atoms with Gasteiger partial charge in [-0.1, -0.05) is 11.6 Å². The number of aromatic nitrogens is 3. The van der Waals surface area contributed by atoms with Crippen LogP contribution >= 0.6 is 11.3 Å². The van der Waals surface area contributed by atoms with Gasteiger partial charge in [-0.15, -0.1) is 11.3 Å². The van der Waals surface area contributed by atoms with Crippen LogP contribution in [0.25, 0.3) is 32.4 Å². The van der Waals surface area contributed by atoms with E-state index in [1.165, 1.54) is 0 Å². The van der Waals surface area contributed by atoms with Gasteiger partial charge >= 0.3 is 5.97 Å². The van der Waals surface area contributed by atoms with Crippen LogP contribution in [0.2, 0.25) is 0 Å². The van der Waals surface area contributed by atoms with Crippen LogP contribution in [0.5, 0.6) is 0 Å². The van der Waals surface area contributed by atoms with Crippen molar-refractivity contribution in [2.75, 3.05) is 0 Å². The third-order valence-corrected chi connectivity index (χ3v) is 5.09. The lowest BCUT2D eigenvalue weighted by Crippen LogP contribution is -2.09. The number of hydrogen-bond donors (Lipinski definition) is 1. The van der Waals surface area contributed by atoms with Crippen molar-refractivity contribution in [2.45, 2.75) is 20.4 Å². The van der Waals surface area contributed by atoms with Gasteiger partial charge in [0.2, 0.25) is 0 Å². The molecule has 0 aliphatic rings. The Hall–Kier alpha value is -2.73. The molecule has 0 unspecified atom stereocenters. The van der Waals surface area contributed by atoms with Crippen LogP contribution in [0.1, 0.15) is 11.3 Å². The molecule has 4 rings (SSSR count). The lowest BCUT2D eigenvalue weighted by atomic mass is 10.0. The van der Waals surface area contributed by atoms with E-state index < -0.39 is 5.97 Å². The van der Waals surface area contributed by atoms with E-state index in [-0.39, 0.29) is 6.54 Å². The van der Waals surface area contributed by atoms with Gasteiger partial charge in [-0.25, -0.2) is 9.97 Å². The highest BCUT2D eigenvalue weighted by Gasteiger charge is 2.20. The number of aryl methyl sites for hydroxylation is 1. The molecule has 6 heteroatoms. The fourth-order valence-electron chi connectivity index (χ4n) is 3.22. The number of carbonyl (C=O) groups is 1. The molecule has 0 saturated heterocycles. The van der Waals surface area contributed by atoms with Crippen molar-refractivity contribution in [3.63, 3.8) is 0 Å². The molecule has 0 fully saturated rings. The predicted molar refractivity (Wildman–Crippen MR) is 95.5 cm³/mol. The number of nitrogens with zero attached hydrogens (tertiary/aromatic N) is 3. The second-order valence-electron chi connectivity index (χ2n) is 5.82. The van der Waals surface area contributed by atoms with Crippen molar-refractivity contribution in [1.29, 1.82) is 0 Å². The molecule has 0 saturated carbocycles. The summed E-state index contributed by atoms with van der Waals surface area (Å²) in [6.45, 7) is 3.92. The molecule has 0 aliphatic carbocycles. The highest BCUT2D eigenvalue weighted by Crippen LogP contribution is 2.38. The summed E-state index contributed by atoms with van der Waals surface area (Å²) in [5.41, 5.74) is 4.80. The summed E-state index contributed by atoms with van der Waals surface area (Å²) in [4.78, 5) is 21.1. The number of thiophene rings is 1. The maximum absolute atomic E-state index is 11.3. The fourth-order valence-corrected chi connectivity index (χ4v) is 3.96. The number of benzene rings is 1. The fraction of sp³-hybridized carbons (Fsp3) is 0.167. The predicted octanol–water partition coefficient (Wildman–Crippen LogP) is 4.01. The van der Waals surface area contributed by atoms with Crippen molar-refractivity contribution in [2.24, 2.45) is 0 Å². The Bertz CT molecular complexity index is 1090. The van der Waals surface area contributed by atoms with Gasteiger partial charge in [-0.3, -0.25) is 4.79 Å². The molecule has 120 valence electrons. The maximum atomic E-state index is 11.3. The Balaban J connectivity index is 2.11. The minimum Gasteiger partial charge on any atom is -0.480 e. The van der Waals surface area contributed by atoms with Crippen LogP contribution in [-0.2, 0) is 11.3 Å². The number of carboxylic acids is 1. The summed E-state index contributed by atoms with van der Waals surface area (Å²) >= 11 is 1.58. The molecule has 1 N–H and O–H groups in total. The molecule has 0 bridgehead atoms. The zero-order chi connectivity index (χ0) is 16.8. The average molecular weight is 337 g/mol. The lowest BCUT2D eigenvalue weighted by molar-refractivity contribution is -0.137. The summed E-state index contributed by atoms with van der Waals surface area (Å²) in [5.74, 6) is -0.856. The van der Waals surface area contributed by atoms with Gasteiger partial charge in [0, 0.05) is 27.5 Å². The first-order valence-electron chi connectivity index (χ1n) is 7.56. The third-order valence-electron chi connectivity index (χ3n) is 4.27. The summed E-state index contributed by atoms with van der Waals surface area (Å²) in [6, 6.07) is 8.10. The lowest BCUT2D eigenvalue weighted by Gasteiger charge is -2.06. The molecule has 1 aromatic carbocycles. The van der Waals surface area contributed by atoms with Gasteiger partial charge in [0.05, 0.1) is 5.69 Å². The summed E-state index contributed by atoms with van der Waals surface area (Å²) in [6.07, 6.45) is 1.57. The number of aliphatic carboxylic acids is 1. The molecular weight excluding hydrogens is 322 g/mol. The summed E-state index contributed by atoms with van der Waals surface area (Å²) in [7, 11) is 0. The molecule has 0 radical (unpaired) electrons. The number of carboxylic acid groups (broad SMARTS) is 1. The van der Waals surface area contributed by atoms with Crippen LogP contribution in [0.4, 0.5) is 0 Å². The van der Waals surface area contributed by atoms with E-state index in [0.717, 1.165) is 43.6 Å². The van der Waals surface area contributed by atoms with Crippen molar-refractivity contribution in [3.05, 3.63) is 47.2 Å². The molecule has 3 heterocycles. The van der Waals surface area contributed by atoms with Gasteiger partial charge in [0.1, 0.15) is 17.7 Å². The first kappa shape index (κ1) is 14.8. The minimum atomic E-state index is -0.856. The Kier molecular flexibility index (Phi) is 3.35. The standard InChI is InChI=1S/C18H15N3O2S/c1-10-3-4-14-13(7-10)16(11(2)21(14)8-15(22)23)17-12-5-6-24-18(12)20-9-19-17/h3-7,9H,8H2,1-2H3,(H,22,23). The highest BCUT2D eigenvalue weighted by atomic mass is 32.1. The quantitative estimate of drug-likeness (QED) is 0.613. The van der Waals surface area contributed by atoms with Gasteiger partial charge in [0.25, 0.3) is 0 Å². The van der Waals surface area contributed by atoms with Crippen LogP contribution in [0.15, 0.2) is 36.0 Å². The minimum absolute atomic E-state index is 0.0662. The van der Waals surface area contributed by atoms with Gasteiger partial charge in [-0.05, 0) is 37.4 Å². The molecule has 0 atom stereocenters. The van der Waals surface area contributed by atoms with E-state index in [1.54, 1.807) is 17.7 Å². The van der Waals surface area contributed by atoms with Gasteiger partial charge < -0.3 is 9.67 Å². The van der Waals surface area contributed by atoms with Crippen molar-refractivity contribution in [3.8, 4) is 11.3 Å². The third kappa shape index (κ3) is 2.18. The normalized spacial score (nSPS) is 11.4. The number of rotatable bonds is 3. The SMILES string of the molecule is Cc1ccc2c(c1)c(-c1ncnc3sccc13)c(C)n2CC(=O)O. The van der Waals surface area contributed by atoms with E-state index in [1.807, 2.05) is 42.0 Å². The second kappa shape index (κ2) is 5.42. The van der Waals surface area contributed by atoms with Gasteiger partial charge in [-0.2, -0.15) is 0 Å². The number of fused-ring (bicyclic) bond motifs is 2. The molecular formula is C18H15N3O2S. The largest absolute Gasteiger partial charge is 0.480 e. The van der Waals surface area contributed by atoms with E-state index >= 15 is 0 Å². The zero-order valence-electron chi connectivity index (χ0n) is 13.3. The van der Waals surface area contributed by atoms with Crippen LogP contribution in [0, 0.1) is 13.8 Å². The van der Waals surface area contributed by atoms with Crippen molar-refractivity contribution < 1.29 is 9.90 Å². The summed E-state index contributed by atoms with van der Waals surface area (Å²) in [5, 5.41) is 13.3. The Morgan fingerprint density at radius 1 is 1.21 bits per heavy atom. The Morgan fingerprint density at radius 3 is 2.83 bits per heavy atom. The van der Waals surface area contributed by atoms with E-state index in [2.05, 4.69) is 16.0 Å². The summed E-state index contributed by atoms with van der Waals surface area (Å²) < 4.78 is 1.84. The molecule has 5 nitrogen and oxygen atoms in total. The van der Waals surface area contributed by atoms with E-state index in [9.17, 15) is 9.90 Å². The number of hydrogen-bond acceptors (Lipinski definition) is 4. The average Bonchev–Trinajstić information content (AvgIpc) is 3.11. The monoisotopic (exact) mass is 337 g/mol. The van der Waals surface area contributed by atoms with Crippen molar-refractivity contribution in [1.82, 2.24) is 14.5 Å². The first-order valence-corrected chi connectivity index (χ1v) is 8.44. The Labute approximate surface area is 142 Å². The topological polar surface area (TPSA) is 68.0 Å². The van der Waals surface area contributed by atoms with E-state index in [0.29, 0.717) is 0 Å². The molecule has 0 amide bonds. The molecule has 24 heavy (non-hydrogen) atoms. The Morgan fingerprint density at radius 2 is 2.04 bits per heavy atom. The molecule has 0 spiro atoms. The molecule has 3 aromatic heterocycles. The van der Waals surface area contributed by atoms with Crippen LogP contribution < -0.4 is 0 Å². The first-order chi connectivity index (χ1) is 11.6. The van der Waals surface area contributed by atoms with Crippen molar-refractivity contribution >= 4 is 38.4 Å².